The Bertz CT molecular complexity index is 566. The van der Waals surface area contributed by atoms with Crippen molar-refractivity contribution in [2.75, 3.05) is 0 Å². The van der Waals surface area contributed by atoms with E-state index in [4.69, 9.17) is 9.47 Å². The number of ether oxygens (including phenoxy) is 2. The van der Waals surface area contributed by atoms with Crippen LogP contribution in [0.15, 0.2) is 42.5 Å². The van der Waals surface area contributed by atoms with Crippen LogP contribution in [0.25, 0.3) is 10.8 Å². The minimum Gasteiger partial charge on any atom is -0.340 e. The van der Waals surface area contributed by atoms with Crippen LogP contribution in [0.4, 0.5) is 0 Å². The molecule has 1 fully saturated rings. The maximum absolute atomic E-state index is 5.97. The molecule has 0 spiro atoms. The van der Waals surface area contributed by atoms with E-state index in [-0.39, 0.29) is 12.2 Å². The maximum atomic E-state index is 5.97. The molecule has 0 N–H and O–H groups in total. The summed E-state index contributed by atoms with van der Waals surface area (Å²) in [4.78, 5) is 0. The van der Waals surface area contributed by atoms with Gasteiger partial charge in [-0.1, -0.05) is 36.4 Å². The van der Waals surface area contributed by atoms with Crippen molar-refractivity contribution in [1.82, 2.24) is 0 Å². The van der Waals surface area contributed by atoms with Gasteiger partial charge in [0, 0.05) is 5.56 Å². The van der Waals surface area contributed by atoms with Crippen LogP contribution in [0.5, 0.6) is 0 Å². The largest absolute Gasteiger partial charge is 0.340 e. The lowest BCUT2D eigenvalue weighted by Gasteiger charge is -2.24. The van der Waals surface area contributed by atoms with Crippen molar-refractivity contribution < 1.29 is 9.47 Å². The third-order valence-electron chi connectivity index (χ3n) is 3.76. The fraction of sp³-hybridized carbons (Fsp3) is 0.375. The molecule has 18 heavy (non-hydrogen) atoms. The minimum absolute atomic E-state index is 0.126. The molecule has 0 aliphatic carbocycles. The quantitative estimate of drug-likeness (QED) is 0.756. The second-order valence-electron chi connectivity index (χ2n) is 5.15. The summed E-state index contributed by atoms with van der Waals surface area (Å²) >= 11 is 0. The first-order valence-corrected chi connectivity index (χ1v) is 6.43. The van der Waals surface area contributed by atoms with Gasteiger partial charge in [-0.2, -0.15) is 0 Å². The Morgan fingerprint density at radius 2 is 1.50 bits per heavy atom. The van der Waals surface area contributed by atoms with E-state index in [1.54, 1.807) is 0 Å². The molecule has 0 saturated carbocycles. The van der Waals surface area contributed by atoms with Gasteiger partial charge in [0.15, 0.2) is 5.79 Å². The monoisotopic (exact) mass is 242 g/mol. The number of hydrogen-bond acceptors (Lipinski definition) is 2. The van der Waals surface area contributed by atoms with Gasteiger partial charge in [-0.25, -0.2) is 0 Å². The number of hydrogen-bond donors (Lipinski definition) is 0. The Balaban J connectivity index is 2.04. The molecule has 1 aliphatic heterocycles. The van der Waals surface area contributed by atoms with Crippen molar-refractivity contribution in [1.29, 1.82) is 0 Å². The highest BCUT2D eigenvalue weighted by molar-refractivity contribution is 5.83. The van der Waals surface area contributed by atoms with Crippen molar-refractivity contribution in [3.05, 3.63) is 48.0 Å². The maximum Gasteiger partial charge on any atom is 0.192 e. The van der Waals surface area contributed by atoms with Gasteiger partial charge in [-0.3, -0.25) is 0 Å². The molecule has 1 saturated heterocycles. The summed E-state index contributed by atoms with van der Waals surface area (Å²) in [7, 11) is 0. The zero-order valence-electron chi connectivity index (χ0n) is 11.0. The summed E-state index contributed by atoms with van der Waals surface area (Å²) in [6.07, 6.45) is 0.253. The number of benzene rings is 2. The van der Waals surface area contributed by atoms with Gasteiger partial charge in [0.05, 0.1) is 12.2 Å². The van der Waals surface area contributed by atoms with Crippen LogP contribution in [-0.4, -0.2) is 12.2 Å². The molecule has 3 rings (SSSR count). The summed E-state index contributed by atoms with van der Waals surface area (Å²) in [5.74, 6) is -0.622. The van der Waals surface area contributed by atoms with Crippen LogP contribution in [0.2, 0.25) is 0 Å². The standard InChI is InChI=1S/C16H18O2/c1-11-12(2)18-16(3,17-11)15-9-8-13-6-4-5-7-14(13)10-15/h4-12H,1-3H3/t11-,12+,16?. The van der Waals surface area contributed by atoms with E-state index in [9.17, 15) is 0 Å². The van der Waals surface area contributed by atoms with Gasteiger partial charge in [0.1, 0.15) is 0 Å². The van der Waals surface area contributed by atoms with Crippen LogP contribution in [0.3, 0.4) is 0 Å². The Kier molecular flexibility index (Phi) is 2.65. The molecular formula is C16H18O2. The van der Waals surface area contributed by atoms with E-state index in [2.05, 4.69) is 56.3 Å². The first kappa shape index (κ1) is 11.7. The summed E-state index contributed by atoms with van der Waals surface area (Å²) in [5, 5.41) is 2.46. The molecular weight excluding hydrogens is 224 g/mol. The summed E-state index contributed by atoms with van der Waals surface area (Å²) in [6.45, 7) is 6.10. The third kappa shape index (κ3) is 1.82. The van der Waals surface area contributed by atoms with Gasteiger partial charge in [0.25, 0.3) is 0 Å². The van der Waals surface area contributed by atoms with Gasteiger partial charge < -0.3 is 9.47 Å². The van der Waals surface area contributed by atoms with Gasteiger partial charge in [0.2, 0.25) is 0 Å². The lowest BCUT2D eigenvalue weighted by atomic mass is 10.0. The highest BCUT2D eigenvalue weighted by atomic mass is 16.8. The summed E-state index contributed by atoms with van der Waals surface area (Å²) < 4.78 is 11.9. The Morgan fingerprint density at radius 1 is 0.889 bits per heavy atom. The highest BCUT2D eigenvalue weighted by Crippen LogP contribution is 2.37. The number of rotatable bonds is 1. The Hall–Kier alpha value is -1.38. The van der Waals surface area contributed by atoms with Gasteiger partial charge >= 0.3 is 0 Å². The molecule has 0 bridgehead atoms. The highest BCUT2D eigenvalue weighted by Gasteiger charge is 2.41. The molecule has 2 heteroatoms. The van der Waals surface area contributed by atoms with Gasteiger partial charge in [-0.15, -0.1) is 0 Å². The molecule has 0 radical (unpaired) electrons. The first-order chi connectivity index (χ1) is 8.58. The number of fused-ring (bicyclic) bond motifs is 1. The van der Waals surface area contributed by atoms with Crippen molar-refractivity contribution in [3.8, 4) is 0 Å². The molecule has 3 atom stereocenters. The molecule has 1 unspecified atom stereocenters. The summed E-state index contributed by atoms with van der Waals surface area (Å²) in [6, 6.07) is 14.7. The molecule has 94 valence electrons. The molecule has 1 aliphatic rings. The first-order valence-electron chi connectivity index (χ1n) is 6.43. The zero-order valence-corrected chi connectivity index (χ0v) is 11.0. The molecule has 0 aromatic heterocycles. The summed E-state index contributed by atoms with van der Waals surface area (Å²) in [5.41, 5.74) is 1.08. The Morgan fingerprint density at radius 3 is 2.17 bits per heavy atom. The van der Waals surface area contributed by atoms with Crippen LogP contribution in [-0.2, 0) is 15.3 Å². The average Bonchev–Trinajstić information content (AvgIpc) is 2.64. The van der Waals surface area contributed by atoms with Crippen molar-refractivity contribution in [2.24, 2.45) is 0 Å². The van der Waals surface area contributed by atoms with Crippen LogP contribution >= 0.6 is 0 Å². The molecule has 2 nitrogen and oxygen atoms in total. The van der Waals surface area contributed by atoms with Crippen LogP contribution < -0.4 is 0 Å². The second-order valence-corrected chi connectivity index (χ2v) is 5.15. The second kappa shape index (κ2) is 4.08. The average molecular weight is 242 g/mol. The van der Waals surface area contributed by atoms with E-state index < -0.39 is 5.79 Å². The van der Waals surface area contributed by atoms with E-state index in [1.165, 1.54) is 10.8 Å². The van der Waals surface area contributed by atoms with Crippen molar-refractivity contribution in [2.45, 2.75) is 38.8 Å². The Labute approximate surface area is 108 Å². The molecule has 2 aromatic carbocycles. The fourth-order valence-electron chi connectivity index (χ4n) is 2.54. The van der Waals surface area contributed by atoms with E-state index in [1.807, 2.05) is 6.92 Å². The van der Waals surface area contributed by atoms with E-state index >= 15 is 0 Å². The molecule has 1 heterocycles. The smallest absolute Gasteiger partial charge is 0.192 e. The van der Waals surface area contributed by atoms with Crippen LogP contribution in [0, 0.1) is 0 Å². The zero-order chi connectivity index (χ0) is 12.8. The van der Waals surface area contributed by atoms with Crippen molar-refractivity contribution in [3.63, 3.8) is 0 Å². The topological polar surface area (TPSA) is 18.5 Å². The predicted molar refractivity (Wildman–Crippen MR) is 72.4 cm³/mol. The van der Waals surface area contributed by atoms with E-state index in [0.717, 1.165) is 5.56 Å². The van der Waals surface area contributed by atoms with E-state index in [0.29, 0.717) is 0 Å². The van der Waals surface area contributed by atoms with Crippen LogP contribution in [0.1, 0.15) is 26.3 Å². The normalized spacial score (nSPS) is 31.9. The minimum atomic E-state index is -0.622. The molecule has 0 amide bonds. The predicted octanol–water partition coefficient (Wildman–Crippen LogP) is 3.84. The van der Waals surface area contributed by atoms with Gasteiger partial charge in [-0.05, 0) is 37.6 Å². The lowest BCUT2D eigenvalue weighted by molar-refractivity contribution is -0.166. The fourth-order valence-corrected chi connectivity index (χ4v) is 2.54. The lowest BCUT2D eigenvalue weighted by Crippen LogP contribution is -2.23. The SMILES string of the molecule is C[C@@H]1OC(C)(c2ccc3ccccc3c2)O[C@@H]1C. The van der Waals surface area contributed by atoms with Crippen molar-refractivity contribution >= 4 is 10.8 Å². The molecule has 2 aromatic rings. The third-order valence-corrected chi connectivity index (χ3v) is 3.76.